The standard InChI is InChI=1S/C15H12N2O2/c18-10-12-6-2-1-5-11(12)9-17-14-8-4-3-7-13(14)16-15(17)19/h1-8,10H,9H2,(H,16,19). The number of H-pyrrole nitrogens is 1. The Labute approximate surface area is 109 Å². The lowest BCUT2D eigenvalue weighted by molar-refractivity contribution is 0.112. The van der Waals surface area contributed by atoms with Gasteiger partial charge >= 0.3 is 5.69 Å². The second-order valence-corrected chi connectivity index (χ2v) is 4.35. The van der Waals surface area contributed by atoms with Gasteiger partial charge in [0.2, 0.25) is 0 Å². The zero-order valence-corrected chi connectivity index (χ0v) is 10.2. The number of carbonyl (C=O) groups is 1. The van der Waals surface area contributed by atoms with E-state index < -0.39 is 0 Å². The molecule has 2 aromatic carbocycles. The van der Waals surface area contributed by atoms with E-state index in [1.807, 2.05) is 42.5 Å². The number of para-hydroxylation sites is 2. The molecule has 0 aliphatic carbocycles. The fourth-order valence-corrected chi connectivity index (χ4v) is 2.23. The van der Waals surface area contributed by atoms with E-state index in [0.717, 1.165) is 22.9 Å². The van der Waals surface area contributed by atoms with Gasteiger partial charge in [-0.2, -0.15) is 0 Å². The van der Waals surface area contributed by atoms with Gasteiger partial charge in [-0.25, -0.2) is 4.79 Å². The third-order valence-corrected chi connectivity index (χ3v) is 3.19. The van der Waals surface area contributed by atoms with Gasteiger partial charge in [0, 0.05) is 5.56 Å². The van der Waals surface area contributed by atoms with Crippen LogP contribution in [0.5, 0.6) is 0 Å². The summed E-state index contributed by atoms with van der Waals surface area (Å²) in [6.07, 6.45) is 0.815. The molecule has 0 saturated carbocycles. The highest BCUT2D eigenvalue weighted by Crippen LogP contribution is 2.13. The summed E-state index contributed by atoms with van der Waals surface area (Å²) in [7, 11) is 0. The smallest absolute Gasteiger partial charge is 0.306 e. The summed E-state index contributed by atoms with van der Waals surface area (Å²) in [6, 6.07) is 14.8. The summed E-state index contributed by atoms with van der Waals surface area (Å²) in [5.41, 5.74) is 2.93. The van der Waals surface area contributed by atoms with Gasteiger partial charge in [-0.05, 0) is 17.7 Å². The van der Waals surface area contributed by atoms with E-state index in [2.05, 4.69) is 4.98 Å². The maximum absolute atomic E-state index is 12.0. The van der Waals surface area contributed by atoms with E-state index in [0.29, 0.717) is 12.1 Å². The molecular weight excluding hydrogens is 240 g/mol. The molecule has 0 aliphatic rings. The van der Waals surface area contributed by atoms with Gasteiger partial charge in [0.05, 0.1) is 17.6 Å². The van der Waals surface area contributed by atoms with Gasteiger partial charge in [-0.15, -0.1) is 0 Å². The van der Waals surface area contributed by atoms with Crippen molar-refractivity contribution in [3.63, 3.8) is 0 Å². The van der Waals surface area contributed by atoms with Crippen molar-refractivity contribution in [3.05, 3.63) is 70.1 Å². The zero-order valence-electron chi connectivity index (χ0n) is 10.2. The summed E-state index contributed by atoms with van der Waals surface area (Å²) < 4.78 is 1.64. The van der Waals surface area contributed by atoms with Crippen LogP contribution in [0.25, 0.3) is 11.0 Å². The van der Waals surface area contributed by atoms with Crippen molar-refractivity contribution in [3.8, 4) is 0 Å². The van der Waals surface area contributed by atoms with Crippen LogP contribution in [0.15, 0.2) is 53.3 Å². The van der Waals surface area contributed by atoms with Crippen LogP contribution in [0.1, 0.15) is 15.9 Å². The predicted octanol–water partition coefficient (Wildman–Crippen LogP) is 2.19. The first-order valence-electron chi connectivity index (χ1n) is 6.00. The first-order chi connectivity index (χ1) is 9.29. The summed E-state index contributed by atoms with van der Waals surface area (Å²) in [5.74, 6) is 0. The average molecular weight is 252 g/mol. The molecule has 0 amide bonds. The molecule has 1 heterocycles. The molecule has 94 valence electrons. The number of fused-ring (bicyclic) bond motifs is 1. The van der Waals surface area contributed by atoms with Gasteiger partial charge < -0.3 is 4.98 Å². The van der Waals surface area contributed by atoms with Crippen LogP contribution in [0.3, 0.4) is 0 Å². The molecule has 1 aromatic heterocycles. The molecule has 0 saturated heterocycles. The van der Waals surface area contributed by atoms with Gasteiger partial charge in [0.1, 0.15) is 6.29 Å². The first-order valence-corrected chi connectivity index (χ1v) is 6.00. The number of hydrogen-bond acceptors (Lipinski definition) is 2. The number of aldehydes is 1. The van der Waals surface area contributed by atoms with Gasteiger partial charge in [0.25, 0.3) is 0 Å². The van der Waals surface area contributed by atoms with Crippen LogP contribution >= 0.6 is 0 Å². The van der Waals surface area contributed by atoms with Crippen molar-refractivity contribution in [2.45, 2.75) is 6.54 Å². The minimum Gasteiger partial charge on any atom is -0.306 e. The van der Waals surface area contributed by atoms with Crippen LogP contribution in [-0.4, -0.2) is 15.8 Å². The molecule has 0 spiro atoms. The van der Waals surface area contributed by atoms with Gasteiger partial charge in [-0.1, -0.05) is 36.4 Å². The molecule has 0 atom stereocenters. The van der Waals surface area contributed by atoms with Gasteiger partial charge in [0.15, 0.2) is 0 Å². The number of benzene rings is 2. The summed E-state index contributed by atoms with van der Waals surface area (Å²) >= 11 is 0. The Morgan fingerprint density at radius 2 is 1.79 bits per heavy atom. The minimum absolute atomic E-state index is 0.165. The molecule has 1 N–H and O–H groups in total. The molecular formula is C15H12N2O2. The van der Waals surface area contributed by atoms with E-state index in [4.69, 9.17) is 0 Å². The molecule has 0 unspecified atom stereocenters. The lowest BCUT2D eigenvalue weighted by atomic mass is 10.1. The highest BCUT2D eigenvalue weighted by atomic mass is 16.1. The van der Waals surface area contributed by atoms with E-state index >= 15 is 0 Å². The minimum atomic E-state index is -0.165. The molecule has 0 radical (unpaired) electrons. The van der Waals surface area contributed by atoms with Crippen LogP contribution in [-0.2, 0) is 6.54 Å². The number of carbonyl (C=O) groups excluding carboxylic acids is 1. The molecule has 3 aromatic rings. The number of rotatable bonds is 3. The molecule has 0 bridgehead atoms. The van der Waals surface area contributed by atoms with Crippen molar-refractivity contribution in [2.75, 3.05) is 0 Å². The number of hydrogen-bond donors (Lipinski definition) is 1. The normalized spacial score (nSPS) is 10.7. The SMILES string of the molecule is O=Cc1ccccc1Cn1c(=O)[nH]c2ccccc21. The lowest BCUT2D eigenvalue weighted by Gasteiger charge is -2.06. The third-order valence-electron chi connectivity index (χ3n) is 3.19. The number of nitrogens with zero attached hydrogens (tertiary/aromatic N) is 1. The predicted molar refractivity (Wildman–Crippen MR) is 73.5 cm³/mol. The van der Waals surface area contributed by atoms with Crippen LogP contribution in [0.2, 0.25) is 0 Å². The van der Waals surface area contributed by atoms with Crippen LogP contribution in [0.4, 0.5) is 0 Å². The Morgan fingerprint density at radius 1 is 1.05 bits per heavy atom. The Bertz CT molecular complexity index is 799. The molecule has 0 aliphatic heterocycles. The van der Waals surface area contributed by atoms with E-state index in [9.17, 15) is 9.59 Å². The summed E-state index contributed by atoms with van der Waals surface area (Å²) in [5, 5.41) is 0. The molecule has 3 rings (SSSR count). The number of nitrogens with one attached hydrogen (secondary N) is 1. The van der Waals surface area contributed by atoms with Crippen molar-refractivity contribution in [1.29, 1.82) is 0 Å². The van der Waals surface area contributed by atoms with E-state index in [1.165, 1.54) is 0 Å². The molecule has 4 nitrogen and oxygen atoms in total. The van der Waals surface area contributed by atoms with Gasteiger partial charge in [-0.3, -0.25) is 9.36 Å². The second kappa shape index (κ2) is 4.57. The first kappa shape index (κ1) is 11.5. The fraction of sp³-hybridized carbons (Fsp3) is 0.0667. The number of imidazole rings is 1. The molecule has 19 heavy (non-hydrogen) atoms. The van der Waals surface area contributed by atoms with E-state index in [1.54, 1.807) is 10.6 Å². The summed E-state index contributed by atoms with van der Waals surface area (Å²) in [6.45, 7) is 0.387. The Balaban J connectivity index is 2.13. The Morgan fingerprint density at radius 3 is 2.63 bits per heavy atom. The number of aromatic amines is 1. The lowest BCUT2D eigenvalue weighted by Crippen LogP contribution is -2.18. The Kier molecular flexibility index (Phi) is 2.76. The van der Waals surface area contributed by atoms with E-state index in [-0.39, 0.29) is 5.69 Å². The van der Waals surface area contributed by atoms with Crippen LogP contribution < -0.4 is 5.69 Å². The topological polar surface area (TPSA) is 54.9 Å². The maximum Gasteiger partial charge on any atom is 0.326 e. The van der Waals surface area contributed by atoms with Crippen LogP contribution in [0, 0.1) is 0 Å². The van der Waals surface area contributed by atoms with Crippen molar-refractivity contribution < 1.29 is 4.79 Å². The highest BCUT2D eigenvalue weighted by molar-refractivity contribution is 5.78. The van der Waals surface area contributed by atoms with Crippen molar-refractivity contribution in [2.24, 2.45) is 0 Å². The highest BCUT2D eigenvalue weighted by Gasteiger charge is 2.08. The fourth-order valence-electron chi connectivity index (χ4n) is 2.23. The number of aromatic nitrogens is 2. The summed E-state index contributed by atoms with van der Waals surface area (Å²) in [4.78, 5) is 25.8. The Hall–Kier alpha value is -2.62. The quantitative estimate of drug-likeness (QED) is 0.726. The monoisotopic (exact) mass is 252 g/mol. The third kappa shape index (κ3) is 1.97. The zero-order chi connectivity index (χ0) is 13.2. The van der Waals surface area contributed by atoms with Crippen molar-refractivity contribution >= 4 is 17.3 Å². The molecule has 0 fully saturated rings. The van der Waals surface area contributed by atoms with Crippen molar-refractivity contribution in [1.82, 2.24) is 9.55 Å². The maximum atomic E-state index is 12.0. The largest absolute Gasteiger partial charge is 0.326 e. The second-order valence-electron chi connectivity index (χ2n) is 4.35. The molecule has 4 heteroatoms. The average Bonchev–Trinajstić information content (AvgIpc) is 2.76.